The summed E-state index contributed by atoms with van der Waals surface area (Å²) in [4.78, 5) is 41.9. The summed E-state index contributed by atoms with van der Waals surface area (Å²) in [5, 5.41) is 13.0. The molecule has 9 nitrogen and oxygen atoms in total. The summed E-state index contributed by atoms with van der Waals surface area (Å²) >= 11 is 0. The highest BCUT2D eigenvalue weighted by atomic mass is 16.3. The van der Waals surface area contributed by atoms with Crippen LogP contribution in [0.15, 0.2) is 35.3 Å². The SMILES string of the molecule is NC(N)=NCCC[C@@H](C=O)NC(=O)[C@@H]1CCCN1C(=O)[C@H](O)Cc1ccccc1. The minimum Gasteiger partial charge on any atom is -0.383 e. The number of rotatable bonds is 10. The van der Waals surface area contributed by atoms with E-state index in [1.165, 1.54) is 4.90 Å². The highest BCUT2D eigenvalue weighted by Gasteiger charge is 2.37. The molecule has 3 atom stereocenters. The number of carbonyl (C=O) groups is 3. The molecule has 158 valence electrons. The van der Waals surface area contributed by atoms with Crippen LogP contribution in [-0.4, -0.2) is 65.3 Å². The van der Waals surface area contributed by atoms with Gasteiger partial charge in [0.25, 0.3) is 5.91 Å². The summed E-state index contributed by atoms with van der Waals surface area (Å²) in [5.74, 6) is -0.880. The van der Waals surface area contributed by atoms with E-state index >= 15 is 0 Å². The van der Waals surface area contributed by atoms with Gasteiger partial charge in [0, 0.05) is 19.5 Å². The van der Waals surface area contributed by atoms with Crippen molar-refractivity contribution in [3.8, 4) is 0 Å². The van der Waals surface area contributed by atoms with Crippen LogP contribution in [0.4, 0.5) is 0 Å². The van der Waals surface area contributed by atoms with Gasteiger partial charge in [0.1, 0.15) is 18.4 Å². The van der Waals surface area contributed by atoms with Crippen LogP contribution >= 0.6 is 0 Å². The van der Waals surface area contributed by atoms with Crippen molar-refractivity contribution in [2.24, 2.45) is 16.5 Å². The molecular weight excluding hydrogens is 374 g/mol. The largest absolute Gasteiger partial charge is 0.383 e. The Kier molecular flexibility index (Phi) is 8.60. The van der Waals surface area contributed by atoms with E-state index in [1.54, 1.807) is 0 Å². The predicted molar refractivity (Wildman–Crippen MR) is 109 cm³/mol. The van der Waals surface area contributed by atoms with E-state index in [2.05, 4.69) is 10.3 Å². The third-order valence-corrected chi connectivity index (χ3v) is 4.86. The van der Waals surface area contributed by atoms with Gasteiger partial charge in [0.05, 0.1) is 6.04 Å². The number of benzene rings is 1. The van der Waals surface area contributed by atoms with Crippen molar-refractivity contribution in [2.75, 3.05) is 13.1 Å². The van der Waals surface area contributed by atoms with Gasteiger partial charge in [-0.2, -0.15) is 0 Å². The van der Waals surface area contributed by atoms with Crippen molar-refractivity contribution in [1.29, 1.82) is 0 Å². The Bertz CT molecular complexity index is 721. The third kappa shape index (κ3) is 6.86. The maximum atomic E-state index is 12.7. The molecule has 1 aromatic carbocycles. The normalized spacial score (nSPS) is 18.0. The zero-order valence-electron chi connectivity index (χ0n) is 16.4. The molecule has 0 aromatic heterocycles. The van der Waals surface area contributed by atoms with Gasteiger partial charge < -0.3 is 31.6 Å². The minimum atomic E-state index is -1.22. The molecule has 6 N–H and O–H groups in total. The average molecular weight is 403 g/mol. The molecule has 1 aliphatic rings. The molecule has 0 aliphatic carbocycles. The molecule has 0 saturated carbocycles. The molecule has 1 heterocycles. The Morgan fingerprint density at radius 3 is 2.69 bits per heavy atom. The molecule has 1 aromatic rings. The molecular formula is C20H29N5O4. The third-order valence-electron chi connectivity index (χ3n) is 4.86. The summed E-state index contributed by atoms with van der Waals surface area (Å²) in [6, 6.07) is 7.84. The Labute approximate surface area is 170 Å². The summed E-state index contributed by atoms with van der Waals surface area (Å²) < 4.78 is 0. The number of likely N-dealkylation sites (tertiary alicyclic amines) is 1. The summed E-state index contributed by atoms with van der Waals surface area (Å²) in [6.45, 7) is 0.765. The number of nitrogens with two attached hydrogens (primary N) is 2. The zero-order chi connectivity index (χ0) is 21.2. The van der Waals surface area contributed by atoms with Gasteiger partial charge in [-0.1, -0.05) is 30.3 Å². The Morgan fingerprint density at radius 2 is 2.03 bits per heavy atom. The molecule has 1 saturated heterocycles. The maximum Gasteiger partial charge on any atom is 0.252 e. The lowest BCUT2D eigenvalue weighted by Crippen LogP contribution is -2.51. The minimum absolute atomic E-state index is 0.0224. The first-order valence-corrected chi connectivity index (χ1v) is 9.76. The van der Waals surface area contributed by atoms with Gasteiger partial charge in [-0.25, -0.2) is 0 Å². The van der Waals surface area contributed by atoms with Crippen molar-refractivity contribution in [2.45, 2.75) is 50.3 Å². The second kappa shape index (κ2) is 11.2. The van der Waals surface area contributed by atoms with Gasteiger partial charge in [-0.3, -0.25) is 14.6 Å². The lowest BCUT2D eigenvalue weighted by atomic mass is 10.1. The predicted octanol–water partition coefficient (Wildman–Crippen LogP) is -0.682. The number of amides is 2. The second-order valence-electron chi connectivity index (χ2n) is 7.10. The maximum absolute atomic E-state index is 12.7. The molecule has 29 heavy (non-hydrogen) atoms. The van der Waals surface area contributed by atoms with Gasteiger partial charge in [0.15, 0.2) is 5.96 Å². The van der Waals surface area contributed by atoms with Gasteiger partial charge in [-0.15, -0.1) is 0 Å². The summed E-state index contributed by atoms with van der Waals surface area (Å²) in [6.07, 6.45) is 1.72. The molecule has 1 aliphatic heterocycles. The van der Waals surface area contributed by atoms with Crippen LogP contribution in [0.1, 0.15) is 31.2 Å². The standard InChI is InChI=1S/C20H29N5O4/c21-20(22)23-10-4-8-15(13-26)24-18(28)16-9-5-11-25(16)19(29)17(27)12-14-6-2-1-3-7-14/h1-3,6-7,13,15-17,27H,4-5,8-12H2,(H,24,28)(H4,21,22,23)/t15-,16-,17+/m0/s1. The highest BCUT2D eigenvalue weighted by Crippen LogP contribution is 2.20. The fourth-order valence-electron chi connectivity index (χ4n) is 3.39. The van der Waals surface area contributed by atoms with Crippen LogP contribution in [0.25, 0.3) is 0 Å². The number of aliphatic imine (C=N–C) groups is 1. The number of hydrogen-bond donors (Lipinski definition) is 4. The van der Waals surface area contributed by atoms with Crippen LogP contribution < -0.4 is 16.8 Å². The molecule has 0 spiro atoms. The number of nitrogens with zero attached hydrogens (tertiary/aromatic N) is 2. The lowest BCUT2D eigenvalue weighted by molar-refractivity contribution is -0.145. The van der Waals surface area contributed by atoms with E-state index < -0.39 is 24.1 Å². The quantitative estimate of drug-likeness (QED) is 0.176. The zero-order valence-corrected chi connectivity index (χ0v) is 16.4. The van der Waals surface area contributed by atoms with Crippen LogP contribution in [-0.2, 0) is 20.8 Å². The van der Waals surface area contributed by atoms with E-state index in [-0.39, 0.29) is 18.3 Å². The average Bonchev–Trinajstić information content (AvgIpc) is 3.20. The summed E-state index contributed by atoms with van der Waals surface area (Å²) in [7, 11) is 0. The van der Waals surface area contributed by atoms with Crippen LogP contribution in [0.2, 0.25) is 0 Å². The van der Waals surface area contributed by atoms with Gasteiger partial charge in [-0.05, 0) is 31.2 Å². The first-order valence-electron chi connectivity index (χ1n) is 9.76. The number of aliphatic hydroxyl groups is 1. The number of nitrogens with one attached hydrogen (secondary N) is 1. The lowest BCUT2D eigenvalue weighted by Gasteiger charge is -2.27. The molecule has 2 rings (SSSR count). The van der Waals surface area contributed by atoms with E-state index in [9.17, 15) is 19.5 Å². The molecule has 1 fully saturated rings. The molecule has 0 bridgehead atoms. The van der Waals surface area contributed by atoms with Crippen molar-refractivity contribution in [3.05, 3.63) is 35.9 Å². The number of hydrogen-bond acceptors (Lipinski definition) is 5. The topological polar surface area (TPSA) is 151 Å². The molecule has 0 radical (unpaired) electrons. The van der Waals surface area contributed by atoms with Crippen LogP contribution in [0.3, 0.4) is 0 Å². The van der Waals surface area contributed by atoms with Crippen molar-refractivity contribution >= 4 is 24.1 Å². The fraction of sp³-hybridized carbons (Fsp3) is 0.500. The number of carbonyl (C=O) groups excluding carboxylic acids is 3. The van der Waals surface area contributed by atoms with E-state index in [4.69, 9.17) is 11.5 Å². The van der Waals surface area contributed by atoms with E-state index in [0.717, 1.165) is 5.56 Å². The Balaban J connectivity index is 1.90. The second-order valence-corrected chi connectivity index (χ2v) is 7.10. The fourth-order valence-corrected chi connectivity index (χ4v) is 3.39. The smallest absolute Gasteiger partial charge is 0.252 e. The Morgan fingerprint density at radius 1 is 1.31 bits per heavy atom. The Hall–Kier alpha value is -2.94. The number of aldehydes is 1. The first-order chi connectivity index (χ1) is 13.9. The van der Waals surface area contributed by atoms with Crippen LogP contribution in [0.5, 0.6) is 0 Å². The summed E-state index contributed by atoms with van der Waals surface area (Å²) in [5.41, 5.74) is 11.3. The molecule has 2 amide bonds. The van der Waals surface area contributed by atoms with E-state index in [0.29, 0.717) is 45.1 Å². The van der Waals surface area contributed by atoms with E-state index in [1.807, 2.05) is 30.3 Å². The monoisotopic (exact) mass is 403 g/mol. The van der Waals surface area contributed by atoms with Crippen molar-refractivity contribution in [3.63, 3.8) is 0 Å². The van der Waals surface area contributed by atoms with Crippen molar-refractivity contribution < 1.29 is 19.5 Å². The first kappa shape index (κ1) is 22.4. The van der Waals surface area contributed by atoms with Gasteiger partial charge >= 0.3 is 0 Å². The molecule has 0 unspecified atom stereocenters. The number of aliphatic hydroxyl groups excluding tert-OH is 1. The highest BCUT2D eigenvalue weighted by molar-refractivity contribution is 5.91. The van der Waals surface area contributed by atoms with Crippen molar-refractivity contribution in [1.82, 2.24) is 10.2 Å². The van der Waals surface area contributed by atoms with Gasteiger partial charge in [0.2, 0.25) is 5.91 Å². The van der Waals surface area contributed by atoms with Crippen LogP contribution in [0, 0.1) is 0 Å². The number of guanidine groups is 1. The molecule has 9 heteroatoms.